The molecule has 0 aliphatic carbocycles. The van der Waals surface area contributed by atoms with Gasteiger partial charge in [0, 0.05) is 17.9 Å². The summed E-state index contributed by atoms with van der Waals surface area (Å²) in [5.41, 5.74) is 1.22. The van der Waals surface area contributed by atoms with Crippen LogP contribution in [0.2, 0.25) is 0 Å². The zero-order valence-corrected chi connectivity index (χ0v) is 16.3. The van der Waals surface area contributed by atoms with E-state index in [1.54, 1.807) is 0 Å². The highest BCUT2D eigenvalue weighted by atomic mass is 32.2. The summed E-state index contributed by atoms with van der Waals surface area (Å²) in [6.45, 7) is 2.83. The summed E-state index contributed by atoms with van der Waals surface area (Å²) in [6.07, 6.45) is 5.04. The lowest BCUT2D eigenvalue weighted by Crippen LogP contribution is -2.20. The molecule has 0 spiro atoms. The summed E-state index contributed by atoms with van der Waals surface area (Å²) in [6, 6.07) is 10.3. The third-order valence-corrected chi connectivity index (χ3v) is 7.95. The molecule has 0 N–H and O–H groups in total. The van der Waals surface area contributed by atoms with Crippen LogP contribution in [0.15, 0.2) is 30.3 Å². The van der Waals surface area contributed by atoms with Crippen molar-refractivity contribution in [2.75, 3.05) is 18.6 Å². The van der Waals surface area contributed by atoms with Gasteiger partial charge in [-0.2, -0.15) is 0 Å². The molecular weight excluding hydrogens is 340 g/mol. The van der Waals surface area contributed by atoms with Gasteiger partial charge in [-0.3, -0.25) is 4.79 Å². The van der Waals surface area contributed by atoms with Crippen LogP contribution in [0.5, 0.6) is 0 Å². The monoisotopic (exact) mass is 368 g/mol. The van der Waals surface area contributed by atoms with Gasteiger partial charge in [-0.1, -0.05) is 30.3 Å². The number of benzene rings is 1. The first kappa shape index (κ1) is 19.7. The summed E-state index contributed by atoms with van der Waals surface area (Å²) in [5, 5.41) is 0. The van der Waals surface area contributed by atoms with Gasteiger partial charge in [0.1, 0.15) is 0 Å². The fourth-order valence-electron chi connectivity index (χ4n) is 2.86. The maximum atomic E-state index is 11.5. The zero-order valence-electron chi connectivity index (χ0n) is 14.7. The molecule has 2 rings (SSSR count). The van der Waals surface area contributed by atoms with Crippen LogP contribution < -0.4 is 0 Å². The molecule has 1 aliphatic heterocycles. The van der Waals surface area contributed by atoms with Crippen LogP contribution in [0.25, 0.3) is 0 Å². The lowest BCUT2D eigenvalue weighted by Gasteiger charge is -2.27. The largest absolute Gasteiger partial charge is 0.469 e. The number of ether oxygens (including phenoxy) is 2. The fraction of sp³-hybridized carbons (Fsp3) is 0.632. The number of rotatable bonds is 10. The summed E-state index contributed by atoms with van der Waals surface area (Å²) >= 11 is 4.04. The van der Waals surface area contributed by atoms with Gasteiger partial charge in [0.2, 0.25) is 0 Å². The molecule has 24 heavy (non-hydrogen) atoms. The Balaban J connectivity index is 1.69. The van der Waals surface area contributed by atoms with Crippen molar-refractivity contribution in [2.24, 2.45) is 0 Å². The van der Waals surface area contributed by atoms with E-state index in [4.69, 9.17) is 9.47 Å². The van der Waals surface area contributed by atoms with Gasteiger partial charge in [0.05, 0.1) is 23.9 Å². The van der Waals surface area contributed by atoms with E-state index in [2.05, 4.69) is 19.1 Å². The summed E-state index contributed by atoms with van der Waals surface area (Å²) in [4.78, 5) is 11.5. The van der Waals surface area contributed by atoms with Crippen LogP contribution in [0.4, 0.5) is 0 Å². The summed E-state index contributed by atoms with van der Waals surface area (Å²) in [7, 11) is 1.47. The molecular formula is C19H28O3S2. The minimum absolute atomic E-state index is 0.0953. The van der Waals surface area contributed by atoms with Gasteiger partial charge >= 0.3 is 5.97 Å². The van der Waals surface area contributed by atoms with Gasteiger partial charge in [0.25, 0.3) is 0 Å². The molecule has 5 heteroatoms. The van der Waals surface area contributed by atoms with E-state index in [0.717, 1.165) is 25.7 Å². The Hall–Kier alpha value is -0.650. The highest BCUT2D eigenvalue weighted by Crippen LogP contribution is 2.50. The van der Waals surface area contributed by atoms with Crippen molar-refractivity contribution in [3.63, 3.8) is 0 Å². The molecule has 0 amide bonds. The third-order valence-electron chi connectivity index (χ3n) is 4.30. The van der Waals surface area contributed by atoms with E-state index in [1.165, 1.54) is 24.2 Å². The van der Waals surface area contributed by atoms with Crippen LogP contribution in [0, 0.1) is 0 Å². The highest BCUT2D eigenvalue weighted by molar-refractivity contribution is 8.21. The average Bonchev–Trinajstić information content (AvgIpc) is 3.08. The lowest BCUT2D eigenvalue weighted by molar-refractivity contribution is -0.140. The van der Waals surface area contributed by atoms with Crippen molar-refractivity contribution < 1.29 is 14.3 Å². The van der Waals surface area contributed by atoms with Crippen molar-refractivity contribution in [2.45, 2.75) is 55.8 Å². The Morgan fingerprint density at radius 3 is 2.58 bits per heavy atom. The predicted octanol–water partition coefficient (Wildman–Crippen LogP) is 4.89. The third kappa shape index (κ3) is 6.69. The first-order valence-electron chi connectivity index (χ1n) is 8.64. The van der Waals surface area contributed by atoms with Crippen LogP contribution in [0.1, 0.15) is 44.6 Å². The molecule has 1 aromatic carbocycles. The van der Waals surface area contributed by atoms with Gasteiger partial charge < -0.3 is 9.47 Å². The van der Waals surface area contributed by atoms with Gasteiger partial charge in [-0.15, -0.1) is 23.5 Å². The minimum atomic E-state index is -0.0953. The van der Waals surface area contributed by atoms with Crippen LogP contribution in [-0.2, 0) is 20.9 Å². The van der Waals surface area contributed by atoms with Gasteiger partial charge in [-0.05, 0) is 38.2 Å². The van der Waals surface area contributed by atoms with E-state index in [0.29, 0.717) is 13.0 Å². The van der Waals surface area contributed by atoms with Gasteiger partial charge in [0.15, 0.2) is 0 Å². The standard InChI is InChI=1S/C19H28O3S2/c1-16(22-15-17-8-4-3-5-9-17)7-6-11-19(23-13-14-24-19)12-10-18(20)21-2/h3-5,8-9,16H,6-7,10-15H2,1-2H3/t16-/m1/s1. The van der Waals surface area contributed by atoms with E-state index in [-0.39, 0.29) is 16.2 Å². The molecule has 0 bridgehead atoms. The maximum absolute atomic E-state index is 11.5. The second-order valence-electron chi connectivity index (χ2n) is 6.18. The normalized spacial score (nSPS) is 17.6. The van der Waals surface area contributed by atoms with E-state index < -0.39 is 0 Å². The number of esters is 1. The Morgan fingerprint density at radius 2 is 1.92 bits per heavy atom. The molecule has 1 saturated heterocycles. The minimum Gasteiger partial charge on any atom is -0.469 e. The topological polar surface area (TPSA) is 35.5 Å². The summed E-state index contributed by atoms with van der Waals surface area (Å²) < 4.78 is 10.9. The smallest absolute Gasteiger partial charge is 0.305 e. The molecule has 0 radical (unpaired) electrons. The molecule has 0 aromatic heterocycles. The van der Waals surface area contributed by atoms with Crippen molar-refractivity contribution >= 4 is 29.5 Å². The van der Waals surface area contributed by atoms with E-state index in [9.17, 15) is 4.79 Å². The van der Waals surface area contributed by atoms with Crippen molar-refractivity contribution in [1.29, 1.82) is 0 Å². The SMILES string of the molecule is COC(=O)CCC1(CCC[C@@H](C)OCc2ccccc2)SCCS1. The number of thioether (sulfide) groups is 2. The van der Waals surface area contributed by atoms with Crippen LogP contribution in [-0.4, -0.2) is 34.8 Å². The second-order valence-corrected chi connectivity index (χ2v) is 9.40. The van der Waals surface area contributed by atoms with Crippen molar-refractivity contribution in [3.05, 3.63) is 35.9 Å². The number of hydrogen-bond donors (Lipinski definition) is 0. The van der Waals surface area contributed by atoms with Crippen molar-refractivity contribution in [1.82, 2.24) is 0 Å². The maximum Gasteiger partial charge on any atom is 0.305 e. The number of methoxy groups -OCH3 is 1. The quantitative estimate of drug-likeness (QED) is 0.549. The fourth-order valence-corrected chi connectivity index (χ4v) is 6.17. The molecule has 1 aliphatic rings. The summed E-state index contributed by atoms with van der Waals surface area (Å²) in [5.74, 6) is 2.28. The molecule has 1 atom stereocenters. The highest BCUT2D eigenvalue weighted by Gasteiger charge is 2.35. The molecule has 3 nitrogen and oxygen atoms in total. The Bertz CT molecular complexity index is 487. The van der Waals surface area contributed by atoms with E-state index >= 15 is 0 Å². The zero-order chi connectivity index (χ0) is 17.3. The Kier molecular flexibility index (Phi) is 8.50. The van der Waals surface area contributed by atoms with Crippen molar-refractivity contribution in [3.8, 4) is 0 Å². The first-order valence-corrected chi connectivity index (χ1v) is 10.6. The average molecular weight is 369 g/mol. The molecule has 0 saturated carbocycles. The second kappa shape index (κ2) is 10.4. The molecule has 1 fully saturated rings. The molecule has 134 valence electrons. The Morgan fingerprint density at radius 1 is 1.21 bits per heavy atom. The molecule has 0 unspecified atom stereocenters. The number of carbonyl (C=O) groups is 1. The predicted molar refractivity (Wildman–Crippen MR) is 103 cm³/mol. The number of hydrogen-bond acceptors (Lipinski definition) is 5. The lowest BCUT2D eigenvalue weighted by atomic mass is 10.1. The van der Waals surface area contributed by atoms with E-state index in [1.807, 2.05) is 41.7 Å². The molecule has 1 heterocycles. The van der Waals surface area contributed by atoms with Crippen LogP contribution in [0.3, 0.4) is 0 Å². The van der Waals surface area contributed by atoms with Gasteiger partial charge in [-0.25, -0.2) is 0 Å². The first-order chi connectivity index (χ1) is 11.6. The van der Waals surface area contributed by atoms with Crippen LogP contribution >= 0.6 is 23.5 Å². The Labute approximate surface area is 154 Å². The molecule has 1 aromatic rings. The number of carbonyl (C=O) groups excluding carboxylic acids is 1.